The smallest absolute Gasteiger partial charge is 0.229 e. The van der Waals surface area contributed by atoms with E-state index in [0.717, 1.165) is 31.0 Å². The highest BCUT2D eigenvalue weighted by atomic mass is 16.3. The number of hydrogen-bond donors (Lipinski definition) is 1. The number of amides is 1. The van der Waals surface area contributed by atoms with Gasteiger partial charge in [0.15, 0.2) is 0 Å². The molecule has 2 aromatic heterocycles. The minimum Gasteiger partial charge on any atom is -0.469 e. The third-order valence-electron chi connectivity index (χ3n) is 4.76. The van der Waals surface area contributed by atoms with Crippen LogP contribution in [0.25, 0.3) is 0 Å². The fourth-order valence-corrected chi connectivity index (χ4v) is 3.32. The van der Waals surface area contributed by atoms with Crippen LogP contribution in [0.1, 0.15) is 37.4 Å². The first-order chi connectivity index (χ1) is 11.3. The Morgan fingerprint density at radius 1 is 1.22 bits per heavy atom. The molecule has 2 unspecified atom stereocenters. The number of rotatable bonds is 4. The van der Waals surface area contributed by atoms with Gasteiger partial charge in [0.1, 0.15) is 11.6 Å². The molecule has 1 saturated heterocycles. The third kappa shape index (κ3) is 3.09. The Kier molecular flexibility index (Phi) is 3.77. The third-order valence-corrected chi connectivity index (χ3v) is 4.76. The minimum atomic E-state index is 0.00437. The van der Waals surface area contributed by atoms with Crippen LogP contribution in [0, 0.1) is 5.92 Å². The predicted octanol–water partition coefficient (Wildman–Crippen LogP) is 3.41. The predicted molar refractivity (Wildman–Crippen MR) is 88.5 cm³/mol. The number of aromatic nitrogens is 1. The van der Waals surface area contributed by atoms with Crippen molar-refractivity contribution in [1.29, 1.82) is 0 Å². The molecule has 2 fully saturated rings. The summed E-state index contributed by atoms with van der Waals surface area (Å²) in [4.78, 5) is 19.0. The van der Waals surface area contributed by atoms with Gasteiger partial charge in [-0.3, -0.25) is 4.79 Å². The Bertz CT molecular complexity index is 660. The summed E-state index contributed by atoms with van der Waals surface area (Å²) in [6.07, 6.45) is 8.17. The molecule has 5 nitrogen and oxygen atoms in total. The molecule has 1 N–H and O–H groups in total. The minimum absolute atomic E-state index is 0.00437. The molecule has 5 heteroatoms. The lowest BCUT2D eigenvalue weighted by Gasteiger charge is -2.28. The molecular formula is C18H21N3O2. The average Bonchev–Trinajstić information content (AvgIpc) is 3.22. The van der Waals surface area contributed by atoms with Gasteiger partial charge in [-0.1, -0.05) is 0 Å². The van der Waals surface area contributed by atoms with Gasteiger partial charge in [-0.25, -0.2) is 4.98 Å². The first-order valence-electron chi connectivity index (χ1n) is 8.36. The van der Waals surface area contributed by atoms with Gasteiger partial charge in [0.25, 0.3) is 0 Å². The Morgan fingerprint density at radius 3 is 2.78 bits per heavy atom. The monoisotopic (exact) mass is 311 g/mol. The maximum atomic E-state index is 12.3. The number of nitrogens with one attached hydrogen (secondary N) is 1. The van der Waals surface area contributed by atoms with Crippen molar-refractivity contribution in [3.8, 4) is 0 Å². The van der Waals surface area contributed by atoms with Gasteiger partial charge in [-0.05, 0) is 49.9 Å². The van der Waals surface area contributed by atoms with E-state index in [1.807, 2.05) is 30.5 Å². The van der Waals surface area contributed by atoms with E-state index >= 15 is 0 Å². The van der Waals surface area contributed by atoms with Crippen LogP contribution < -0.4 is 10.2 Å². The molecule has 2 atom stereocenters. The van der Waals surface area contributed by atoms with Crippen LogP contribution in [0.5, 0.6) is 0 Å². The second-order valence-corrected chi connectivity index (χ2v) is 6.40. The number of anilines is 2. The molecule has 23 heavy (non-hydrogen) atoms. The van der Waals surface area contributed by atoms with Crippen LogP contribution in [-0.4, -0.2) is 24.0 Å². The van der Waals surface area contributed by atoms with Crippen molar-refractivity contribution in [2.24, 2.45) is 5.92 Å². The van der Waals surface area contributed by atoms with Crippen LogP contribution >= 0.6 is 0 Å². The van der Waals surface area contributed by atoms with Crippen molar-refractivity contribution < 1.29 is 9.21 Å². The zero-order valence-corrected chi connectivity index (χ0v) is 13.1. The van der Waals surface area contributed by atoms with Crippen LogP contribution in [0.3, 0.4) is 0 Å². The highest BCUT2D eigenvalue weighted by Gasteiger charge is 2.45. The SMILES string of the molecule is O=C(Nc1ccc(N2CCCCC2)cn1)C1CC1c1ccco1. The molecule has 0 radical (unpaired) electrons. The van der Waals surface area contributed by atoms with Gasteiger partial charge in [0.05, 0.1) is 18.1 Å². The van der Waals surface area contributed by atoms with Gasteiger partial charge in [0.2, 0.25) is 5.91 Å². The maximum absolute atomic E-state index is 12.3. The van der Waals surface area contributed by atoms with Gasteiger partial charge in [0, 0.05) is 24.9 Å². The number of furan rings is 1. The first-order valence-corrected chi connectivity index (χ1v) is 8.36. The first kappa shape index (κ1) is 14.3. The van der Waals surface area contributed by atoms with Crippen molar-refractivity contribution in [2.75, 3.05) is 23.3 Å². The number of nitrogens with zero attached hydrogens (tertiary/aromatic N) is 2. The largest absolute Gasteiger partial charge is 0.469 e. The van der Waals surface area contributed by atoms with Crippen molar-refractivity contribution in [2.45, 2.75) is 31.6 Å². The summed E-state index contributed by atoms with van der Waals surface area (Å²) in [7, 11) is 0. The van der Waals surface area contributed by atoms with Crippen molar-refractivity contribution in [3.05, 3.63) is 42.5 Å². The number of carbonyl (C=O) groups excluding carboxylic acids is 1. The van der Waals surface area contributed by atoms with Gasteiger partial charge >= 0.3 is 0 Å². The van der Waals surface area contributed by atoms with Crippen LogP contribution in [0.4, 0.5) is 11.5 Å². The van der Waals surface area contributed by atoms with Crippen LogP contribution in [-0.2, 0) is 4.79 Å². The molecule has 1 aliphatic carbocycles. The number of hydrogen-bond acceptors (Lipinski definition) is 4. The summed E-state index contributed by atoms with van der Waals surface area (Å²) >= 11 is 0. The number of piperidine rings is 1. The quantitative estimate of drug-likeness (QED) is 0.940. The molecule has 3 heterocycles. The molecule has 1 saturated carbocycles. The Morgan fingerprint density at radius 2 is 2.09 bits per heavy atom. The van der Waals surface area contributed by atoms with E-state index in [1.165, 1.54) is 19.3 Å². The molecular weight excluding hydrogens is 290 g/mol. The standard InChI is InChI=1S/C18H21N3O2/c22-18(15-11-14(15)16-5-4-10-23-16)20-17-7-6-13(12-19-17)21-8-2-1-3-9-21/h4-7,10,12,14-15H,1-3,8-9,11H2,(H,19,20,22). The van der Waals surface area contributed by atoms with E-state index < -0.39 is 0 Å². The molecule has 0 spiro atoms. The van der Waals surface area contributed by atoms with E-state index in [4.69, 9.17) is 4.42 Å². The summed E-state index contributed by atoms with van der Waals surface area (Å²) in [5, 5.41) is 2.92. The normalized spacial score (nSPS) is 23.6. The van der Waals surface area contributed by atoms with Gasteiger partial charge in [-0.2, -0.15) is 0 Å². The van der Waals surface area contributed by atoms with Crippen molar-refractivity contribution in [3.63, 3.8) is 0 Å². The molecule has 2 aliphatic rings. The zero-order valence-electron chi connectivity index (χ0n) is 13.1. The van der Waals surface area contributed by atoms with E-state index in [9.17, 15) is 4.79 Å². The number of pyridine rings is 1. The van der Waals surface area contributed by atoms with Crippen molar-refractivity contribution in [1.82, 2.24) is 4.98 Å². The van der Waals surface area contributed by atoms with E-state index in [1.54, 1.807) is 6.26 Å². The summed E-state index contributed by atoms with van der Waals surface area (Å²) in [6.45, 7) is 2.20. The average molecular weight is 311 g/mol. The van der Waals surface area contributed by atoms with Crippen LogP contribution in [0.15, 0.2) is 41.1 Å². The molecule has 0 aromatic carbocycles. The number of carbonyl (C=O) groups is 1. The fraction of sp³-hybridized carbons (Fsp3) is 0.444. The second-order valence-electron chi connectivity index (χ2n) is 6.40. The van der Waals surface area contributed by atoms with Crippen LogP contribution in [0.2, 0.25) is 0 Å². The Hall–Kier alpha value is -2.30. The second kappa shape index (κ2) is 6.07. The molecule has 2 aromatic rings. The van der Waals surface area contributed by atoms with Crippen molar-refractivity contribution >= 4 is 17.4 Å². The molecule has 1 amide bonds. The van der Waals surface area contributed by atoms with E-state index in [-0.39, 0.29) is 17.7 Å². The lowest BCUT2D eigenvalue weighted by atomic mass is 10.1. The highest BCUT2D eigenvalue weighted by molar-refractivity contribution is 5.94. The highest BCUT2D eigenvalue weighted by Crippen LogP contribution is 2.48. The summed E-state index contributed by atoms with van der Waals surface area (Å²) < 4.78 is 5.37. The zero-order chi connectivity index (χ0) is 15.6. The lowest BCUT2D eigenvalue weighted by molar-refractivity contribution is -0.117. The summed E-state index contributed by atoms with van der Waals surface area (Å²) in [6, 6.07) is 7.74. The van der Waals surface area contributed by atoms with E-state index in [2.05, 4.69) is 15.2 Å². The van der Waals surface area contributed by atoms with Gasteiger partial charge < -0.3 is 14.6 Å². The summed E-state index contributed by atoms with van der Waals surface area (Å²) in [5.41, 5.74) is 1.14. The fourth-order valence-electron chi connectivity index (χ4n) is 3.32. The maximum Gasteiger partial charge on any atom is 0.229 e. The summed E-state index contributed by atoms with van der Waals surface area (Å²) in [5.74, 6) is 1.78. The lowest BCUT2D eigenvalue weighted by Crippen LogP contribution is -2.29. The topological polar surface area (TPSA) is 58.4 Å². The molecule has 1 aliphatic heterocycles. The Balaban J connectivity index is 1.35. The Labute approximate surface area is 135 Å². The molecule has 0 bridgehead atoms. The molecule has 4 rings (SSSR count). The van der Waals surface area contributed by atoms with Gasteiger partial charge in [-0.15, -0.1) is 0 Å². The molecule has 120 valence electrons. The van der Waals surface area contributed by atoms with E-state index in [0.29, 0.717) is 5.82 Å².